The maximum atomic E-state index is 3.55. The smallest absolute Gasteiger partial charge is 0.0475 e. The van der Waals surface area contributed by atoms with Crippen LogP contribution in [0.3, 0.4) is 0 Å². The Kier molecular flexibility index (Phi) is 5.87. The number of hydrogen-bond acceptors (Lipinski definition) is 2. The molecule has 1 saturated heterocycles. The van der Waals surface area contributed by atoms with Gasteiger partial charge in [-0.2, -0.15) is 0 Å². The molecule has 1 fully saturated rings. The van der Waals surface area contributed by atoms with E-state index >= 15 is 0 Å². The van der Waals surface area contributed by atoms with E-state index in [1.165, 1.54) is 50.8 Å². The van der Waals surface area contributed by atoms with E-state index in [1.54, 1.807) is 0 Å². The Morgan fingerprint density at radius 1 is 1.05 bits per heavy atom. The van der Waals surface area contributed by atoms with Gasteiger partial charge < -0.3 is 5.32 Å². The average molecular weight is 260 g/mol. The van der Waals surface area contributed by atoms with Crippen molar-refractivity contribution in [1.29, 1.82) is 0 Å². The van der Waals surface area contributed by atoms with Gasteiger partial charge in [0.1, 0.15) is 0 Å². The second-order valence-electron chi connectivity index (χ2n) is 5.60. The Bertz CT molecular complexity index is 342. The van der Waals surface area contributed by atoms with Crippen LogP contribution in [0.15, 0.2) is 30.3 Å². The molecule has 1 aliphatic rings. The molecule has 1 aliphatic heterocycles. The van der Waals surface area contributed by atoms with Crippen molar-refractivity contribution in [3.8, 4) is 0 Å². The summed E-state index contributed by atoms with van der Waals surface area (Å²) in [7, 11) is 2.10. The van der Waals surface area contributed by atoms with Crippen molar-refractivity contribution >= 4 is 0 Å². The first-order chi connectivity index (χ1) is 9.36. The first-order valence-electron chi connectivity index (χ1n) is 7.83. The number of likely N-dealkylation sites (tertiary alicyclic amines) is 1. The summed E-state index contributed by atoms with van der Waals surface area (Å²) in [6.45, 7) is 4.86. The lowest BCUT2D eigenvalue weighted by Crippen LogP contribution is -2.44. The molecule has 2 unspecified atom stereocenters. The average Bonchev–Trinajstić information content (AvgIpc) is 2.74. The van der Waals surface area contributed by atoms with Gasteiger partial charge >= 0.3 is 0 Å². The maximum absolute atomic E-state index is 3.55. The summed E-state index contributed by atoms with van der Waals surface area (Å²) >= 11 is 0. The van der Waals surface area contributed by atoms with Gasteiger partial charge in [0.15, 0.2) is 0 Å². The largest absolute Gasteiger partial charge is 0.312 e. The lowest BCUT2D eigenvalue weighted by atomic mass is 9.96. The van der Waals surface area contributed by atoms with Crippen molar-refractivity contribution in [3.05, 3.63) is 35.9 Å². The van der Waals surface area contributed by atoms with Gasteiger partial charge in [-0.25, -0.2) is 0 Å². The zero-order valence-electron chi connectivity index (χ0n) is 12.4. The third-order valence-corrected chi connectivity index (χ3v) is 4.38. The van der Waals surface area contributed by atoms with Crippen molar-refractivity contribution in [2.75, 3.05) is 20.1 Å². The predicted octanol–water partition coefficient (Wildman–Crippen LogP) is 3.60. The van der Waals surface area contributed by atoms with Crippen LogP contribution in [0.2, 0.25) is 0 Å². The number of rotatable bonds is 5. The summed E-state index contributed by atoms with van der Waals surface area (Å²) in [5.41, 5.74) is 1.42. The molecule has 1 heterocycles. The third-order valence-electron chi connectivity index (χ3n) is 4.38. The molecule has 0 amide bonds. The highest BCUT2D eigenvalue weighted by Gasteiger charge is 2.26. The monoisotopic (exact) mass is 260 g/mol. The Morgan fingerprint density at radius 2 is 1.68 bits per heavy atom. The first-order valence-corrected chi connectivity index (χ1v) is 7.83. The predicted molar refractivity (Wildman–Crippen MR) is 82.4 cm³/mol. The Morgan fingerprint density at radius 3 is 2.21 bits per heavy atom. The minimum Gasteiger partial charge on any atom is -0.312 e. The van der Waals surface area contributed by atoms with Gasteiger partial charge in [-0.15, -0.1) is 0 Å². The molecule has 0 aliphatic carbocycles. The van der Waals surface area contributed by atoms with E-state index in [0.717, 1.165) is 0 Å². The summed E-state index contributed by atoms with van der Waals surface area (Å²) in [5.74, 6) is 0. The van der Waals surface area contributed by atoms with Gasteiger partial charge in [0, 0.05) is 12.1 Å². The number of likely N-dealkylation sites (N-methyl/N-ethyl adjacent to an activating group) is 1. The van der Waals surface area contributed by atoms with Crippen LogP contribution in [-0.2, 0) is 0 Å². The molecule has 19 heavy (non-hydrogen) atoms. The van der Waals surface area contributed by atoms with Crippen LogP contribution in [0.5, 0.6) is 0 Å². The van der Waals surface area contributed by atoms with Gasteiger partial charge in [0.2, 0.25) is 0 Å². The molecule has 1 N–H and O–H groups in total. The number of nitrogens with zero attached hydrogens (tertiary/aromatic N) is 1. The van der Waals surface area contributed by atoms with Gasteiger partial charge in [-0.1, -0.05) is 50.1 Å². The van der Waals surface area contributed by atoms with E-state index in [2.05, 4.69) is 54.5 Å². The van der Waals surface area contributed by atoms with E-state index in [9.17, 15) is 0 Å². The molecule has 0 saturated carbocycles. The minimum atomic E-state index is 0.448. The fourth-order valence-corrected chi connectivity index (χ4v) is 3.37. The third kappa shape index (κ3) is 3.80. The van der Waals surface area contributed by atoms with Crippen LogP contribution in [-0.4, -0.2) is 31.1 Å². The molecule has 0 spiro atoms. The molecule has 2 heteroatoms. The molecule has 1 aromatic carbocycles. The minimum absolute atomic E-state index is 0.448. The molecule has 2 atom stereocenters. The van der Waals surface area contributed by atoms with Crippen molar-refractivity contribution in [1.82, 2.24) is 10.2 Å². The zero-order chi connectivity index (χ0) is 13.5. The van der Waals surface area contributed by atoms with Crippen LogP contribution >= 0.6 is 0 Å². The number of benzene rings is 1. The molecule has 0 bridgehead atoms. The van der Waals surface area contributed by atoms with Crippen molar-refractivity contribution < 1.29 is 0 Å². The first kappa shape index (κ1) is 14.5. The van der Waals surface area contributed by atoms with Gasteiger partial charge in [0.25, 0.3) is 0 Å². The van der Waals surface area contributed by atoms with Crippen LogP contribution < -0.4 is 5.32 Å². The normalized spacial score (nSPS) is 20.7. The molecule has 106 valence electrons. The summed E-state index contributed by atoms with van der Waals surface area (Å²) in [6.07, 6.45) is 6.74. The fourth-order valence-electron chi connectivity index (χ4n) is 3.37. The summed E-state index contributed by atoms with van der Waals surface area (Å²) in [4.78, 5) is 2.71. The maximum Gasteiger partial charge on any atom is 0.0475 e. The summed E-state index contributed by atoms with van der Waals surface area (Å²) < 4.78 is 0. The SMILES string of the molecule is CCC(C(NC)c1ccccc1)N1CCCCCC1. The van der Waals surface area contributed by atoms with E-state index in [0.29, 0.717) is 12.1 Å². The Hall–Kier alpha value is -0.860. The molecular formula is C17H28N2. The van der Waals surface area contributed by atoms with Crippen molar-refractivity contribution in [2.45, 2.75) is 51.1 Å². The number of nitrogens with one attached hydrogen (secondary N) is 1. The van der Waals surface area contributed by atoms with Gasteiger partial charge in [-0.05, 0) is 45.0 Å². The molecule has 2 nitrogen and oxygen atoms in total. The summed E-state index contributed by atoms with van der Waals surface area (Å²) in [6, 6.07) is 12.0. The van der Waals surface area contributed by atoms with E-state index in [-0.39, 0.29) is 0 Å². The van der Waals surface area contributed by atoms with Crippen molar-refractivity contribution in [3.63, 3.8) is 0 Å². The Balaban J connectivity index is 2.13. The molecule has 2 rings (SSSR count). The topological polar surface area (TPSA) is 15.3 Å². The highest BCUT2D eigenvalue weighted by atomic mass is 15.2. The second-order valence-corrected chi connectivity index (χ2v) is 5.60. The zero-order valence-corrected chi connectivity index (χ0v) is 12.4. The molecule has 1 aromatic rings. The van der Waals surface area contributed by atoms with Crippen LogP contribution in [0, 0.1) is 0 Å². The molecule has 0 radical (unpaired) electrons. The highest BCUT2D eigenvalue weighted by molar-refractivity contribution is 5.20. The highest BCUT2D eigenvalue weighted by Crippen LogP contribution is 2.25. The fraction of sp³-hybridized carbons (Fsp3) is 0.647. The van der Waals surface area contributed by atoms with Gasteiger partial charge in [0.05, 0.1) is 0 Å². The number of hydrogen-bond donors (Lipinski definition) is 1. The van der Waals surface area contributed by atoms with Crippen LogP contribution in [0.4, 0.5) is 0 Å². The van der Waals surface area contributed by atoms with Crippen LogP contribution in [0.1, 0.15) is 50.6 Å². The summed E-state index contributed by atoms with van der Waals surface area (Å²) in [5, 5.41) is 3.55. The van der Waals surface area contributed by atoms with E-state index < -0.39 is 0 Å². The van der Waals surface area contributed by atoms with E-state index in [1.807, 2.05) is 0 Å². The quantitative estimate of drug-likeness (QED) is 0.870. The van der Waals surface area contributed by atoms with Crippen LogP contribution in [0.25, 0.3) is 0 Å². The second kappa shape index (κ2) is 7.66. The van der Waals surface area contributed by atoms with E-state index in [4.69, 9.17) is 0 Å². The molecule has 0 aromatic heterocycles. The lowest BCUT2D eigenvalue weighted by molar-refractivity contribution is 0.160. The Labute approximate surface area is 118 Å². The molecular weight excluding hydrogens is 232 g/mol. The van der Waals surface area contributed by atoms with Crippen molar-refractivity contribution in [2.24, 2.45) is 0 Å². The lowest BCUT2D eigenvalue weighted by Gasteiger charge is -2.36. The standard InChI is InChI=1S/C17H28N2/c1-3-16(19-13-9-4-5-10-14-19)17(18-2)15-11-7-6-8-12-15/h6-8,11-12,16-18H,3-5,9-10,13-14H2,1-2H3. The van der Waals surface area contributed by atoms with Gasteiger partial charge in [-0.3, -0.25) is 4.90 Å².